The molecule has 5 aliphatic carbocycles. The van der Waals surface area contributed by atoms with Crippen LogP contribution in [0.4, 0.5) is 0 Å². The normalized spacial score (nSPS) is 22.8. The molecule has 0 amide bonds. The van der Waals surface area contributed by atoms with Crippen LogP contribution in [0.15, 0.2) is 251 Å². The fourth-order valence-electron chi connectivity index (χ4n) is 25.4. The highest BCUT2D eigenvalue weighted by Gasteiger charge is 2.59. The van der Waals surface area contributed by atoms with Crippen molar-refractivity contribution in [2.45, 2.75) is 286 Å². The molecule has 6 N–H and O–H groups in total. The van der Waals surface area contributed by atoms with Gasteiger partial charge in [-0.1, -0.05) is 131 Å². The first-order valence-corrected chi connectivity index (χ1v) is 68.9. The lowest BCUT2D eigenvalue weighted by Gasteiger charge is -2.19. The molecule has 6 aliphatic heterocycles. The number of rotatable bonds is 20. The van der Waals surface area contributed by atoms with E-state index in [1.165, 1.54) is 279 Å². The van der Waals surface area contributed by atoms with Gasteiger partial charge in [0.2, 0.25) is 0 Å². The van der Waals surface area contributed by atoms with Gasteiger partial charge in [0.25, 0.3) is 0 Å². The van der Waals surface area contributed by atoms with Crippen molar-refractivity contribution in [3.8, 4) is 46.0 Å². The molecule has 10 atom stereocenters. The number of aryl methyl sites for hydroxylation is 7. The van der Waals surface area contributed by atoms with E-state index in [1.807, 2.05) is 64.1 Å². The summed E-state index contributed by atoms with van der Waals surface area (Å²) < 4.78 is 12.5. The summed E-state index contributed by atoms with van der Waals surface area (Å²) in [6.07, 6.45) is 45.0. The molecule has 10 unspecified atom stereocenters. The van der Waals surface area contributed by atoms with Gasteiger partial charge in [-0.15, -0.1) is 0 Å². The predicted molar refractivity (Wildman–Crippen MR) is 642 cm³/mol. The van der Waals surface area contributed by atoms with Crippen LogP contribution in [0, 0.1) is 82.0 Å². The van der Waals surface area contributed by atoms with E-state index in [-0.39, 0.29) is 33.3 Å². The number of phenolic OH excluding ortho intramolecular Hbond substituents is 6. The van der Waals surface area contributed by atoms with E-state index >= 15 is 0 Å². The van der Waals surface area contributed by atoms with Gasteiger partial charge in [-0.25, -0.2) is 0 Å². The van der Waals surface area contributed by atoms with Gasteiger partial charge >= 0.3 is 0 Å². The molecule has 5 saturated carbocycles. The molecule has 0 radical (unpaired) electrons. The Hall–Kier alpha value is -7.64. The molecule has 16 heteroatoms. The Kier molecular flexibility index (Phi) is 39.1. The molecular formula is C130H168O8S8+8. The van der Waals surface area contributed by atoms with Crippen LogP contribution in [0.1, 0.15) is 227 Å². The fraction of sp³-hybridized carbons (Fsp3) is 0.477. The number of ether oxygens (including phenoxy) is 2. The van der Waals surface area contributed by atoms with Crippen molar-refractivity contribution in [3.63, 3.8) is 0 Å². The Bertz CT molecular complexity index is 6420. The Labute approximate surface area is 899 Å². The summed E-state index contributed by atoms with van der Waals surface area (Å²) in [6, 6.07) is 74.8. The number of fused-ring (bicyclic) bond motifs is 15. The van der Waals surface area contributed by atoms with Crippen LogP contribution in [-0.4, -0.2) is 137 Å². The van der Waals surface area contributed by atoms with Gasteiger partial charge in [0.15, 0.2) is 39.2 Å². The van der Waals surface area contributed by atoms with Crippen LogP contribution in [0.5, 0.6) is 46.0 Å². The van der Waals surface area contributed by atoms with Crippen molar-refractivity contribution in [1.29, 1.82) is 0 Å². The van der Waals surface area contributed by atoms with Crippen molar-refractivity contribution >= 4 is 141 Å². The van der Waals surface area contributed by atoms with E-state index in [0.717, 1.165) is 128 Å². The number of hydrogen-bond acceptors (Lipinski definition) is 8. The van der Waals surface area contributed by atoms with E-state index in [9.17, 15) is 30.6 Å². The molecule has 0 spiro atoms. The molecular weight excluding hydrogens is 1950 g/mol. The van der Waals surface area contributed by atoms with Crippen LogP contribution in [-0.2, 0) is 100 Å². The van der Waals surface area contributed by atoms with Gasteiger partial charge in [-0.2, -0.15) is 0 Å². The summed E-state index contributed by atoms with van der Waals surface area (Å²) in [6.45, 7) is 20.0. The van der Waals surface area contributed by atoms with Gasteiger partial charge in [0.05, 0.1) is 18.1 Å². The first-order valence-electron chi connectivity index (χ1n) is 55.6. The number of aromatic hydroxyl groups is 6. The highest BCUT2D eigenvalue weighted by atomic mass is 32.2. The predicted octanol–water partition coefficient (Wildman–Crippen LogP) is 31.9. The van der Waals surface area contributed by atoms with E-state index in [0.29, 0.717) is 99.9 Å². The zero-order valence-electron chi connectivity index (χ0n) is 89.8. The van der Waals surface area contributed by atoms with Crippen LogP contribution < -0.4 is 9.47 Å². The molecule has 4 bridgehead atoms. The Morgan fingerprint density at radius 1 is 0.315 bits per heavy atom. The quantitative estimate of drug-likeness (QED) is 0.0328. The summed E-state index contributed by atoms with van der Waals surface area (Å²) in [5.74, 6) is 28.5. The van der Waals surface area contributed by atoms with E-state index in [4.69, 9.17) is 9.47 Å². The van der Waals surface area contributed by atoms with Crippen LogP contribution in [0.3, 0.4) is 0 Å². The molecule has 6 heterocycles. The highest BCUT2D eigenvalue weighted by molar-refractivity contribution is 7.99. The smallest absolute Gasteiger partial charge is 0.166 e. The second-order valence-corrected chi connectivity index (χ2v) is 61.4. The van der Waals surface area contributed by atoms with E-state index in [2.05, 4.69) is 211 Å². The third-order valence-electron chi connectivity index (χ3n) is 33.4. The Morgan fingerprint density at radius 2 is 0.719 bits per heavy atom. The molecule has 8 nitrogen and oxygen atoms in total. The molecule has 776 valence electrons. The number of hydrogen-bond donors (Lipinski definition) is 6. The third kappa shape index (κ3) is 26.1. The summed E-state index contributed by atoms with van der Waals surface area (Å²) in [5.41, 5.74) is 7.92. The van der Waals surface area contributed by atoms with Gasteiger partial charge in [0, 0.05) is 166 Å². The maximum absolute atomic E-state index is 10.5. The van der Waals surface area contributed by atoms with Crippen LogP contribution in [0.2, 0.25) is 0 Å². The second kappa shape index (κ2) is 52.1. The molecule has 6 saturated heterocycles. The number of benzene rings is 13. The van der Waals surface area contributed by atoms with Crippen molar-refractivity contribution in [3.05, 3.63) is 251 Å². The SMILES string of the molecule is CCCCOc1ccc([S+]2CC3C4CCC(C4)C3C2)c2ccccc12.CCCCc1cc([S+]2CCCC2)cc(CCCC)c1O.C[S+](C)c1ccc(O)c2cccc(O)c12.C[S+](C)c1ccc(O)c2ccccc12.Cc1cc([S+]2CCCC2C)cc(C)c1O.Cc1cc([S+]2CCCCC2)cc(C)c1O.Cc1ccc([S+]2CCCC2)c2ccccc12.c1ccc2c([S+]3CC4C5CCC(C5)C4C3)ccc(OC3CCCC3)c2c1. The fourth-order valence-corrected chi connectivity index (χ4v) is 43.8. The van der Waals surface area contributed by atoms with Crippen molar-refractivity contribution in [2.75, 3.05) is 94.9 Å². The van der Waals surface area contributed by atoms with Gasteiger partial charge in [0.1, 0.15) is 140 Å². The van der Waals surface area contributed by atoms with Crippen molar-refractivity contribution in [1.82, 2.24) is 0 Å². The maximum Gasteiger partial charge on any atom is 0.166 e. The summed E-state index contributed by atoms with van der Waals surface area (Å²) >= 11 is 0. The maximum atomic E-state index is 10.5. The largest absolute Gasteiger partial charge is 0.507 e. The molecule has 146 heavy (non-hydrogen) atoms. The lowest BCUT2D eigenvalue weighted by Crippen LogP contribution is -2.19. The van der Waals surface area contributed by atoms with Crippen molar-refractivity contribution in [2.24, 2.45) is 47.3 Å². The highest BCUT2D eigenvalue weighted by Crippen LogP contribution is 2.60. The molecule has 24 rings (SSSR count). The summed E-state index contributed by atoms with van der Waals surface area (Å²) in [4.78, 5) is 11.7. The van der Waals surface area contributed by atoms with Gasteiger partial charge in [-0.05, 0) is 373 Å². The topological polar surface area (TPSA) is 140 Å². The molecule has 11 fully saturated rings. The average Bonchev–Trinajstić information content (AvgIpc) is 1.59. The van der Waals surface area contributed by atoms with Crippen LogP contribution in [0.25, 0.3) is 53.9 Å². The minimum atomic E-state index is 0.0568. The van der Waals surface area contributed by atoms with Gasteiger partial charge < -0.3 is 40.1 Å². The Morgan fingerprint density at radius 3 is 1.21 bits per heavy atom. The first kappa shape index (κ1) is 110. The van der Waals surface area contributed by atoms with E-state index in [1.54, 1.807) is 51.8 Å². The lowest BCUT2D eigenvalue weighted by molar-refractivity contribution is 0.212. The Balaban J connectivity index is 0.000000115. The number of unbranched alkanes of at least 4 members (excludes halogenated alkanes) is 3. The minimum Gasteiger partial charge on any atom is -0.507 e. The molecule has 13 aromatic carbocycles. The lowest BCUT2D eigenvalue weighted by atomic mass is 9.82. The second-order valence-electron chi connectivity index (χ2n) is 43.8. The van der Waals surface area contributed by atoms with Crippen molar-refractivity contribution < 1.29 is 40.1 Å². The molecule has 0 aromatic heterocycles. The van der Waals surface area contributed by atoms with Gasteiger partial charge in [-0.3, -0.25) is 0 Å². The standard InChI is InChI=1S/C24H29OS.C23H29OS.C18H28OS.C15H17S.2C13H18OS.C12H12O2S.C12H12OS/c1-2-6-18(5-1)25-23-11-12-24(20-8-4-3-7-19(20)23)26-14-21-16-9-10-17(13-16)22(21)15-26;1-2-3-12-24-22-10-11-23(19-7-5-4-6-18(19)22)25-14-20-16-8-9-17(13-16)21(20)15-25;1-3-5-9-15-13-17(20-11-7-8-12-20)14-16(18(15)19)10-6-4-2;1-12-8-9-15(16-10-4-5-11-16)14-7-3-2-6-13(12)14;1-9-7-12(8-10(2)13(9)14)15-6-4-5-11(15)3;1-10-8-12(9-11(2)13(10)14)15-6-4-3-5-7-15;1-15(2)11-7-6-9(13)8-4-3-5-10(14)12(8)11;1-14(2)12-8-7-11(13)9-5-3-4-6-10(9)12/h3-4,7-8,11-12,16-18,21-22H,1-2,5-6,9-10,13-15H2;4-7,10-11,16-17,20-21H,2-3,8-9,12-15H2,1H3;13-14H,3-12H2,1-2H3;2-3,6-9H,4-5,10-11H2,1H3;7-8,11H,4-6H2,1-3H3;8-9H,3-7H2,1-2H3;3-7H,1-2H3,(H-,13,14);3-8H,1-2H3/q2*+1;;+1;;;;/p+5. The zero-order valence-corrected chi connectivity index (χ0v) is 96.4. The van der Waals surface area contributed by atoms with Crippen LogP contribution >= 0.6 is 0 Å². The molecule has 11 aliphatic rings. The minimum absolute atomic E-state index is 0.0568. The molecule has 13 aromatic rings. The third-order valence-corrected chi connectivity index (χ3v) is 51.2. The summed E-state index contributed by atoms with van der Waals surface area (Å²) in [5, 5.41) is 72.1. The van der Waals surface area contributed by atoms with E-state index < -0.39 is 0 Å². The zero-order chi connectivity index (χ0) is 102. The summed E-state index contributed by atoms with van der Waals surface area (Å²) in [7, 11) is 3.06. The monoisotopic (exact) mass is 2110 g/mol. The first-order chi connectivity index (χ1) is 70.9. The number of phenols is 6. The average molecular weight is 2120 g/mol.